The summed E-state index contributed by atoms with van der Waals surface area (Å²) in [7, 11) is 0. The largest absolute Gasteiger partial charge is 0.312 e. The number of nitrogens with zero attached hydrogens (tertiary/aromatic N) is 2. The van der Waals surface area contributed by atoms with Crippen molar-refractivity contribution < 1.29 is 4.92 Å². The zero-order valence-electron chi connectivity index (χ0n) is 10.2. The van der Waals surface area contributed by atoms with Crippen LogP contribution in [0.3, 0.4) is 0 Å². The van der Waals surface area contributed by atoms with Crippen molar-refractivity contribution in [1.29, 1.82) is 0 Å². The van der Waals surface area contributed by atoms with Gasteiger partial charge in [-0.2, -0.15) is 0 Å². The number of rotatable bonds is 3. The van der Waals surface area contributed by atoms with Gasteiger partial charge < -0.3 is 5.32 Å². The molecule has 2 rings (SSSR count). The van der Waals surface area contributed by atoms with Crippen LogP contribution in [0.15, 0.2) is 22.7 Å². The lowest BCUT2D eigenvalue weighted by atomic mass is 10.1. The molecular weight excluding hydrogens is 298 g/mol. The Morgan fingerprint density at radius 1 is 1.61 bits per heavy atom. The van der Waals surface area contributed by atoms with E-state index in [0.29, 0.717) is 10.5 Å². The van der Waals surface area contributed by atoms with E-state index >= 15 is 0 Å². The van der Waals surface area contributed by atoms with Crippen LogP contribution >= 0.6 is 15.9 Å². The number of nitro benzene ring substituents is 1. The number of nitro groups is 1. The van der Waals surface area contributed by atoms with Crippen LogP contribution in [0.1, 0.15) is 12.5 Å². The van der Waals surface area contributed by atoms with Gasteiger partial charge in [0.25, 0.3) is 5.69 Å². The lowest BCUT2D eigenvalue weighted by molar-refractivity contribution is -0.385. The van der Waals surface area contributed by atoms with E-state index in [1.807, 2.05) is 6.07 Å². The molecule has 6 heteroatoms. The molecule has 0 bridgehead atoms. The van der Waals surface area contributed by atoms with Crippen LogP contribution < -0.4 is 5.32 Å². The molecule has 0 radical (unpaired) electrons. The summed E-state index contributed by atoms with van der Waals surface area (Å²) >= 11 is 3.34. The van der Waals surface area contributed by atoms with Gasteiger partial charge in [-0.05, 0) is 28.4 Å². The standard InChI is InChI=1S/C12H16BrN3O2/c1-9-7-15(6-5-14-9)8-10-3-2-4-11(12(10)13)16(17)18/h2-4,9,14H,5-8H2,1H3/t9-/m1/s1. The highest BCUT2D eigenvalue weighted by atomic mass is 79.9. The first-order valence-corrected chi connectivity index (χ1v) is 6.74. The third-order valence-electron chi connectivity index (χ3n) is 3.10. The molecular formula is C12H16BrN3O2. The second-order valence-electron chi connectivity index (χ2n) is 4.60. The Bertz CT molecular complexity index is 453. The molecule has 1 atom stereocenters. The third kappa shape index (κ3) is 3.07. The number of halogens is 1. The number of hydrogen-bond donors (Lipinski definition) is 1. The van der Waals surface area contributed by atoms with E-state index in [4.69, 9.17) is 0 Å². The average molecular weight is 314 g/mol. The zero-order valence-corrected chi connectivity index (χ0v) is 11.8. The zero-order chi connectivity index (χ0) is 13.1. The fourth-order valence-electron chi connectivity index (χ4n) is 2.23. The molecule has 18 heavy (non-hydrogen) atoms. The van der Waals surface area contributed by atoms with Crippen LogP contribution in [-0.2, 0) is 6.54 Å². The molecule has 1 aliphatic heterocycles. The Morgan fingerprint density at radius 2 is 2.39 bits per heavy atom. The molecule has 0 aliphatic carbocycles. The van der Waals surface area contributed by atoms with Crippen LogP contribution in [0.25, 0.3) is 0 Å². The maximum Gasteiger partial charge on any atom is 0.283 e. The van der Waals surface area contributed by atoms with Gasteiger partial charge >= 0.3 is 0 Å². The predicted octanol–water partition coefficient (Wildman–Crippen LogP) is 2.15. The molecule has 5 nitrogen and oxygen atoms in total. The van der Waals surface area contributed by atoms with E-state index in [1.54, 1.807) is 6.07 Å². The number of nitrogens with one attached hydrogen (secondary N) is 1. The Hall–Kier alpha value is -0.980. The third-order valence-corrected chi connectivity index (χ3v) is 4.02. The Morgan fingerprint density at radius 3 is 3.06 bits per heavy atom. The van der Waals surface area contributed by atoms with Crippen molar-refractivity contribution in [3.8, 4) is 0 Å². The molecule has 1 fully saturated rings. The average Bonchev–Trinajstić information content (AvgIpc) is 2.31. The predicted molar refractivity (Wildman–Crippen MR) is 73.5 cm³/mol. The maximum absolute atomic E-state index is 10.9. The summed E-state index contributed by atoms with van der Waals surface area (Å²) in [5.41, 5.74) is 1.11. The molecule has 0 spiro atoms. The summed E-state index contributed by atoms with van der Waals surface area (Å²) in [5, 5.41) is 14.3. The monoisotopic (exact) mass is 313 g/mol. The Kier molecular flexibility index (Phi) is 4.31. The fraction of sp³-hybridized carbons (Fsp3) is 0.500. The van der Waals surface area contributed by atoms with Crippen molar-refractivity contribution >= 4 is 21.6 Å². The van der Waals surface area contributed by atoms with Gasteiger partial charge in [-0.1, -0.05) is 12.1 Å². The highest BCUT2D eigenvalue weighted by Crippen LogP contribution is 2.29. The minimum Gasteiger partial charge on any atom is -0.312 e. The van der Waals surface area contributed by atoms with Gasteiger partial charge in [-0.3, -0.25) is 15.0 Å². The quantitative estimate of drug-likeness (QED) is 0.686. The first-order valence-electron chi connectivity index (χ1n) is 5.95. The van der Waals surface area contributed by atoms with E-state index < -0.39 is 0 Å². The van der Waals surface area contributed by atoms with Gasteiger partial charge in [0, 0.05) is 38.3 Å². The smallest absolute Gasteiger partial charge is 0.283 e. The van der Waals surface area contributed by atoms with Crippen molar-refractivity contribution in [1.82, 2.24) is 10.2 Å². The summed E-state index contributed by atoms with van der Waals surface area (Å²) in [6.07, 6.45) is 0. The van der Waals surface area contributed by atoms with Gasteiger partial charge in [0.05, 0.1) is 9.40 Å². The summed E-state index contributed by atoms with van der Waals surface area (Å²) in [6.45, 7) is 5.80. The Labute approximate surface area is 114 Å². The minimum absolute atomic E-state index is 0.135. The summed E-state index contributed by atoms with van der Waals surface area (Å²) in [6, 6.07) is 5.66. The number of piperazine rings is 1. The second-order valence-corrected chi connectivity index (χ2v) is 5.39. The minimum atomic E-state index is -0.353. The number of hydrogen-bond acceptors (Lipinski definition) is 4. The van der Waals surface area contributed by atoms with Crippen molar-refractivity contribution in [2.75, 3.05) is 19.6 Å². The van der Waals surface area contributed by atoms with Gasteiger partial charge in [0.15, 0.2) is 0 Å². The molecule has 1 aromatic rings. The van der Waals surface area contributed by atoms with E-state index in [0.717, 1.165) is 31.7 Å². The van der Waals surface area contributed by atoms with Crippen molar-refractivity contribution in [2.24, 2.45) is 0 Å². The highest BCUT2D eigenvalue weighted by molar-refractivity contribution is 9.10. The van der Waals surface area contributed by atoms with E-state index in [2.05, 4.69) is 33.1 Å². The second kappa shape index (κ2) is 5.77. The molecule has 0 amide bonds. The van der Waals surface area contributed by atoms with Gasteiger partial charge in [0.2, 0.25) is 0 Å². The first kappa shape index (κ1) is 13.5. The maximum atomic E-state index is 10.9. The van der Waals surface area contributed by atoms with E-state index in [-0.39, 0.29) is 10.6 Å². The highest BCUT2D eigenvalue weighted by Gasteiger charge is 2.19. The lowest BCUT2D eigenvalue weighted by Crippen LogP contribution is -2.48. The van der Waals surface area contributed by atoms with Crippen molar-refractivity contribution in [3.05, 3.63) is 38.3 Å². The van der Waals surface area contributed by atoms with Gasteiger partial charge in [-0.15, -0.1) is 0 Å². The molecule has 1 heterocycles. The van der Waals surface area contributed by atoms with Crippen LogP contribution in [0.2, 0.25) is 0 Å². The number of benzene rings is 1. The Balaban J connectivity index is 2.14. The summed E-state index contributed by atoms with van der Waals surface area (Å²) in [5.74, 6) is 0. The van der Waals surface area contributed by atoms with Crippen molar-refractivity contribution in [2.45, 2.75) is 19.5 Å². The molecule has 1 N–H and O–H groups in total. The molecule has 98 valence electrons. The lowest BCUT2D eigenvalue weighted by Gasteiger charge is -2.31. The first-order chi connectivity index (χ1) is 8.58. The fourth-order valence-corrected chi connectivity index (χ4v) is 2.76. The normalized spacial score (nSPS) is 20.9. The van der Waals surface area contributed by atoms with Crippen LogP contribution in [0, 0.1) is 10.1 Å². The van der Waals surface area contributed by atoms with E-state index in [9.17, 15) is 10.1 Å². The molecule has 0 aromatic heterocycles. The topological polar surface area (TPSA) is 58.4 Å². The molecule has 1 aromatic carbocycles. The van der Waals surface area contributed by atoms with Crippen molar-refractivity contribution in [3.63, 3.8) is 0 Å². The molecule has 1 aliphatic rings. The van der Waals surface area contributed by atoms with E-state index in [1.165, 1.54) is 6.07 Å². The van der Waals surface area contributed by atoms with Crippen LogP contribution in [0.5, 0.6) is 0 Å². The summed E-state index contributed by atoms with van der Waals surface area (Å²) in [4.78, 5) is 12.8. The van der Waals surface area contributed by atoms with Gasteiger partial charge in [-0.25, -0.2) is 0 Å². The van der Waals surface area contributed by atoms with Gasteiger partial charge in [0.1, 0.15) is 0 Å². The molecule has 1 saturated heterocycles. The molecule has 0 saturated carbocycles. The van der Waals surface area contributed by atoms with Crippen LogP contribution in [0.4, 0.5) is 5.69 Å². The SMILES string of the molecule is C[C@@H]1CN(Cc2cccc([N+](=O)[O-])c2Br)CCN1. The summed E-state index contributed by atoms with van der Waals surface area (Å²) < 4.78 is 0.598. The molecule has 0 unspecified atom stereocenters. The van der Waals surface area contributed by atoms with Crippen LogP contribution in [-0.4, -0.2) is 35.5 Å².